The Labute approximate surface area is 201 Å². The number of fused-ring (bicyclic) bond motifs is 1. The summed E-state index contributed by atoms with van der Waals surface area (Å²) >= 11 is 0. The summed E-state index contributed by atoms with van der Waals surface area (Å²) in [5.74, 6) is -0.266. The molecule has 2 fully saturated rings. The van der Waals surface area contributed by atoms with Gasteiger partial charge in [0.05, 0.1) is 43.6 Å². The number of carbonyl (C=O) groups excluding carboxylic acids is 1. The van der Waals surface area contributed by atoms with Crippen molar-refractivity contribution in [2.45, 2.75) is 62.6 Å². The maximum Gasteiger partial charge on any atom is 0.234 e. The number of hydrogen-bond donors (Lipinski definition) is 2. The molecule has 6 nitrogen and oxygen atoms in total. The number of likely N-dealkylation sites (N-methyl/N-ethyl adjacent to an activating group) is 1. The standard InChI is InChI=1S/C27H35FN2O4/c1-30(2)16-27(32)29-23-15-26-25(14-12-22(17-31)33-26)34-24(23)13-5-18-3-6-19(7-4-18)20-8-10-21(28)11-9-20/h3-4,6-11,22-26,31H,5,12-17H2,1-2H3,(H,29,32)/t22-,23-,24+,25-,26-/m0/s1. The van der Waals surface area contributed by atoms with Crippen LogP contribution in [0.15, 0.2) is 48.5 Å². The Morgan fingerprint density at radius 3 is 2.35 bits per heavy atom. The van der Waals surface area contributed by atoms with Gasteiger partial charge in [-0.2, -0.15) is 0 Å². The van der Waals surface area contributed by atoms with E-state index in [1.807, 2.05) is 19.0 Å². The molecule has 2 aliphatic rings. The summed E-state index contributed by atoms with van der Waals surface area (Å²) in [4.78, 5) is 14.3. The highest BCUT2D eigenvalue weighted by Crippen LogP contribution is 2.33. The van der Waals surface area contributed by atoms with Crippen molar-refractivity contribution in [2.24, 2.45) is 0 Å². The van der Waals surface area contributed by atoms with Crippen LogP contribution >= 0.6 is 0 Å². The molecule has 184 valence electrons. The Kier molecular flexibility index (Phi) is 8.32. The Hall–Kier alpha value is -2.32. The van der Waals surface area contributed by atoms with Crippen molar-refractivity contribution < 1.29 is 23.8 Å². The van der Waals surface area contributed by atoms with Gasteiger partial charge in [0.25, 0.3) is 0 Å². The van der Waals surface area contributed by atoms with E-state index < -0.39 is 0 Å². The molecule has 0 aromatic heterocycles. The molecule has 2 aliphatic heterocycles. The number of halogens is 1. The van der Waals surface area contributed by atoms with Gasteiger partial charge in [-0.15, -0.1) is 0 Å². The summed E-state index contributed by atoms with van der Waals surface area (Å²) in [6, 6.07) is 14.7. The molecular formula is C27H35FN2O4. The van der Waals surface area contributed by atoms with Crippen LogP contribution < -0.4 is 5.32 Å². The Morgan fingerprint density at radius 2 is 1.71 bits per heavy atom. The van der Waals surface area contributed by atoms with Gasteiger partial charge >= 0.3 is 0 Å². The molecule has 0 unspecified atom stereocenters. The average molecular weight is 471 g/mol. The third-order valence-electron chi connectivity index (χ3n) is 6.70. The van der Waals surface area contributed by atoms with Crippen molar-refractivity contribution in [3.63, 3.8) is 0 Å². The van der Waals surface area contributed by atoms with E-state index in [0.717, 1.165) is 36.8 Å². The number of nitrogens with one attached hydrogen (secondary N) is 1. The topological polar surface area (TPSA) is 71.0 Å². The molecule has 2 saturated heterocycles. The number of carbonyl (C=O) groups is 1. The van der Waals surface area contributed by atoms with Crippen molar-refractivity contribution in [2.75, 3.05) is 27.2 Å². The zero-order valence-corrected chi connectivity index (χ0v) is 20.0. The first-order valence-corrected chi connectivity index (χ1v) is 12.1. The van der Waals surface area contributed by atoms with Crippen molar-refractivity contribution in [1.29, 1.82) is 0 Å². The minimum absolute atomic E-state index is 0.00403. The quantitative estimate of drug-likeness (QED) is 0.620. The van der Waals surface area contributed by atoms with Crippen molar-refractivity contribution >= 4 is 5.91 Å². The van der Waals surface area contributed by atoms with Gasteiger partial charge in [-0.05, 0) is 75.0 Å². The van der Waals surface area contributed by atoms with Crippen molar-refractivity contribution in [1.82, 2.24) is 10.2 Å². The normalized spacial score (nSPS) is 26.8. The average Bonchev–Trinajstić information content (AvgIpc) is 2.82. The lowest BCUT2D eigenvalue weighted by Gasteiger charge is -2.45. The van der Waals surface area contributed by atoms with Crippen LogP contribution in [-0.4, -0.2) is 73.6 Å². The fourth-order valence-corrected chi connectivity index (χ4v) is 4.93. The number of hydrogen-bond acceptors (Lipinski definition) is 5. The number of nitrogens with zero attached hydrogens (tertiary/aromatic N) is 1. The van der Waals surface area contributed by atoms with Crippen molar-refractivity contribution in [3.8, 4) is 11.1 Å². The number of ether oxygens (including phenoxy) is 2. The lowest BCUT2D eigenvalue weighted by molar-refractivity contribution is -0.202. The molecule has 0 spiro atoms. The molecule has 2 N–H and O–H groups in total. The fraction of sp³-hybridized carbons (Fsp3) is 0.519. The van der Waals surface area contributed by atoms with Gasteiger partial charge < -0.3 is 24.8 Å². The third kappa shape index (κ3) is 6.42. The second kappa shape index (κ2) is 11.4. The van der Waals surface area contributed by atoms with Crippen LogP contribution in [0, 0.1) is 5.82 Å². The number of benzene rings is 2. The Bertz CT molecular complexity index is 935. The number of amides is 1. The summed E-state index contributed by atoms with van der Waals surface area (Å²) in [5, 5.41) is 12.7. The molecular weight excluding hydrogens is 435 g/mol. The van der Waals surface area contributed by atoms with Crippen LogP contribution in [0.4, 0.5) is 4.39 Å². The molecule has 0 saturated carbocycles. The van der Waals surface area contributed by atoms with Crippen LogP contribution in [0.3, 0.4) is 0 Å². The van der Waals surface area contributed by atoms with E-state index in [2.05, 4.69) is 29.6 Å². The van der Waals surface area contributed by atoms with E-state index in [-0.39, 0.29) is 48.8 Å². The largest absolute Gasteiger partial charge is 0.394 e. The highest BCUT2D eigenvalue weighted by atomic mass is 19.1. The molecule has 2 heterocycles. The molecule has 2 aromatic carbocycles. The van der Waals surface area contributed by atoms with Gasteiger partial charge in [-0.1, -0.05) is 36.4 Å². The predicted molar refractivity (Wildman–Crippen MR) is 129 cm³/mol. The summed E-state index contributed by atoms with van der Waals surface area (Å²) < 4.78 is 25.7. The predicted octanol–water partition coefficient (Wildman–Crippen LogP) is 3.17. The highest BCUT2D eigenvalue weighted by molar-refractivity contribution is 5.78. The monoisotopic (exact) mass is 470 g/mol. The van der Waals surface area contributed by atoms with E-state index in [4.69, 9.17) is 9.47 Å². The third-order valence-corrected chi connectivity index (χ3v) is 6.70. The first-order chi connectivity index (χ1) is 16.4. The van der Waals surface area contributed by atoms with E-state index in [1.54, 1.807) is 12.1 Å². The van der Waals surface area contributed by atoms with Crippen LogP contribution in [0.25, 0.3) is 11.1 Å². The zero-order chi connectivity index (χ0) is 24.1. The second-order valence-corrected chi connectivity index (χ2v) is 9.66. The number of aryl methyl sites for hydroxylation is 1. The summed E-state index contributed by atoms with van der Waals surface area (Å²) in [5.41, 5.74) is 3.22. The van der Waals surface area contributed by atoms with Gasteiger partial charge in [-0.25, -0.2) is 4.39 Å². The van der Waals surface area contributed by atoms with Gasteiger partial charge in [0, 0.05) is 0 Å². The van der Waals surface area contributed by atoms with Gasteiger partial charge in [-0.3, -0.25) is 4.79 Å². The van der Waals surface area contributed by atoms with Gasteiger partial charge in [0.2, 0.25) is 5.91 Å². The molecule has 34 heavy (non-hydrogen) atoms. The second-order valence-electron chi connectivity index (χ2n) is 9.66. The van der Waals surface area contributed by atoms with E-state index >= 15 is 0 Å². The first kappa shape index (κ1) is 24.8. The Morgan fingerprint density at radius 1 is 1.03 bits per heavy atom. The summed E-state index contributed by atoms with van der Waals surface area (Å²) in [6.07, 6.45) is 3.58. The number of rotatable bonds is 8. The minimum atomic E-state index is -0.238. The number of aliphatic hydroxyl groups excluding tert-OH is 1. The lowest BCUT2D eigenvalue weighted by atomic mass is 9.88. The summed E-state index contributed by atoms with van der Waals surface area (Å²) in [6.45, 7) is 0.334. The lowest BCUT2D eigenvalue weighted by Crippen LogP contribution is -2.58. The molecule has 0 aliphatic carbocycles. The number of aliphatic hydroxyl groups is 1. The minimum Gasteiger partial charge on any atom is -0.394 e. The zero-order valence-electron chi connectivity index (χ0n) is 20.0. The van der Waals surface area contributed by atoms with Gasteiger partial charge in [0.1, 0.15) is 5.82 Å². The fourth-order valence-electron chi connectivity index (χ4n) is 4.93. The molecule has 1 amide bonds. The van der Waals surface area contributed by atoms with E-state index in [1.165, 1.54) is 17.7 Å². The van der Waals surface area contributed by atoms with Crippen LogP contribution in [0.5, 0.6) is 0 Å². The summed E-state index contributed by atoms with van der Waals surface area (Å²) in [7, 11) is 3.74. The van der Waals surface area contributed by atoms with E-state index in [9.17, 15) is 14.3 Å². The maximum atomic E-state index is 13.2. The maximum absolute atomic E-state index is 13.2. The molecule has 5 atom stereocenters. The smallest absolute Gasteiger partial charge is 0.234 e. The molecule has 7 heteroatoms. The molecule has 0 bridgehead atoms. The van der Waals surface area contributed by atoms with Gasteiger partial charge in [0.15, 0.2) is 0 Å². The molecule has 0 radical (unpaired) electrons. The Balaban J connectivity index is 1.40. The molecule has 4 rings (SSSR count). The van der Waals surface area contributed by atoms with Crippen molar-refractivity contribution in [3.05, 3.63) is 59.9 Å². The SMILES string of the molecule is CN(C)CC(=O)N[C@H]1C[C@@H]2O[C@H](CO)CC[C@@H]2O[C@@H]1CCc1ccc(-c2ccc(F)cc2)cc1. The first-order valence-electron chi connectivity index (χ1n) is 12.1. The molecule has 2 aromatic rings. The van der Waals surface area contributed by atoms with Crippen LogP contribution in [0.2, 0.25) is 0 Å². The highest BCUT2D eigenvalue weighted by Gasteiger charge is 2.42. The van der Waals surface area contributed by atoms with E-state index in [0.29, 0.717) is 13.0 Å². The van der Waals surface area contributed by atoms with Crippen LogP contribution in [0.1, 0.15) is 31.2 Å². The van der Waals surface area contributed by atoms with Crippen LogP contribution in [-0.2, 0) is 20.7 Å².